The lowest BCUT2D eigenvalue weighted by Gasteiger charge is -2.36. The van der Waals surface area contributed by atoms with Gasteiger partial charge < -0.3 is 14.4 Å². The summed E-state index contributed by atoms with van der Waals surface area (Å²) < 4.78 is 38.6. The van der Waals surface area contributed by atoms with E-state index in [0.29, 0.717) is 18.8 Å². The molecular formula is C19H20F2N2O2. The molecule has 0 aliphatic carbocycles. The minimum Gasteiger partial charge on any atom is -0.467 e. The SMILES string of the molecule is Fc1cc2c(c(CN3CCN(c4ccccc4F)CC3)c1)OCOC2. The van der Waals surface area contributed by atoms with Crippen LogP contribution in [-0.2, 0) is 17.9 Å². The van der Waals surface area contributed by atoms with Crippen molar-refractivity contribution in [3.63, 3.8) is 0 Å². The van der Waals surface area contributed by atoms with Gasteiger partial charge in [-0.15, -0.1) is 0 Å². The Morgan fingerprint density at radius 3 is 2.60 bits per heavy atom. The summed E-state index contributed by atoms with van der Waals surface area (Å²) in [6.45, 7) is 4.25. The third-order valence-corrected chi connectivity index (χ3v) is 4.71. The van der Waals surface area contributed by atoms with Crippen LogP contribution < -0.4 is 9.64 Å². The normalized spacial score (nSPS) is 17.9. The summed E-state index contributed by atoms with van der Waals surface area (Å²) in [4.78, 5) is 4.29. The van der Waals surface area contributed by atoms with E-state index in [4.69, 9.17) is 9.47 Å². The maximum absolute atomic E-state index is 13.9. The summed E-state index contributed by atoms with van der Waals surface area (Å²) in [5.41, 5.74) is 2.25. The molecule has 0 N–H and O–H groups in total. The van der Waals surface area contributed by atoms with Crippen molar-refractivity contribution in [3.8, 4) is 5.75 Å². The van der Waals surface area contributed by atoms with E-state index in [9.17, 15) is 8.78 Å². The van der Waals surface area contributed by atoms with Crippen LogP contribution >= 0.6 is 0 Å². The smallest absolute Gasteiger partial charge is 0.189 e. The Morgan fingerprint density at radius 1 is 1.00 bits per heavy atom. The lowest BCUT2D eigenvalue weighted by Crippen LogP contribution is -2.46. The molecule has 0 spiro atoms. The van der Waals surface area contributed by atoms with Crippen molar-refractivity contribution in [1.29, 1.82) is 0 Å². The number of halogens is 2. The van der Waals surface area contributed by atoms with Gasteiger partial charge in [0.15, 0.2) is 6.79 Å². The maximum atomic E-state index is 13.9. The van der Waals surface area contributed by atoms with Gasteiger partial charge in [-0.1, -0.05) is 12.1 Å². The standard InChI is InChI=1S/C19H20F2N2O2/c20-16-9-14(19-15(10-16)12-24-13-25-19)11-22-5-7-23(8-6-22)18-4-2-1-3-17(18)21/h1-4,9-10H,5-8,11-13H2. The fourth-order valence-corrected chi connectivity index (χ4v) is 3.47. The molecule has 4 nitrogen and oxygen atoms in total. The molecule has 132 valence electrons. The number of hydrogen-bond acceptors (Lipinski definition) is 4. The zero-order chi connectivity index (χ0) is 17.2. The van der Waals surface area contributed by atoms with Crippen LogP contribution in [0.5, 0.6) is 5.75 Å². The van der Waals surface area contributed by atoms with Crippen LogP contribution in [0.3, 0.4) is 0 Å². The Labute approximate surface area is 145 Å². The molecule has 2 aromatic carbocycles. The monoisotopic (exact) mass is 346 g/mol. The molecule has 2 aliphatic heterocycles. The van der Waals surface area contributed by atoms with Crippen molar-refractivity contribution in [2.75, 3.05) is 37.9 Å². The first-order chi connectivity index (χ1) is 12.2. The molecule has 6 heteroatoms. The minimum absolute atomic E-state index is 0.191. The molecule has 0 radical (unpaired) electrons. The zero-order valence-electron chi connectivity index (χ0n) is 13.9. The predicted octanol–water partition coefficient (Wildman–Crippen LogP) is 3.15. The first-order valence-corrected chi connectivity index (χ1v) is 8.44. The van der Waals surface area contributed by atoms with E-state index < -0.39 is 0 Å². The highest BCUT2D eigenvalue weighted by Crippen LogP contribution is 2.31. The van der Waals surface area contributed by atoms with E-state index >= 15 is 0 Å². The van der Waals surface area contributed by atoms with Gasteiger partial charge in [0.2, 0.25) is 0 Å². The third-order valence-electron chi connectivity index (χ3n) is 4.71. The molecule has 2 aliphatic rings. The third kappa shape index (κ3) is 3.45. The van der Waals surface area contributed by atoms with Gasteiger partial charge in [0.05, 0.1) is 12.3 Å². The van der Waals surface area contributed by atoms with Gasteiger partial charge in [-0.05, 0) is 24.3 Å². The van der Waals surface area contributed by atoms with E-state index in [2.05, 4.69) is 9.80 Å². The Kier molecular flexibility index (Phi) is 4.55. The van der Waals surface area contributed by atoms with Crippen LogP contribution in [0.15, 0.2) is 36.4 Å². The van der Waals surface area contributed by atoms with E-state index in [1.165, 1.54) is 18.2 Å². The maximum Gasteiger partial charge on any atom is 0.189 e. The van der Waals surface area contributed by atoms with Crippen molar-refractivity contribution in [1.82, 2.24) is 4.90 Å². The Balaban J connectivity index is 1.44. The Bertz CT molecular complexity index is 761. The lowest BCUT2D eigenvalue weighted by molar-refractivity contribution is -0.0177. The number of piperazine rings is 1. The van der Waals surface area contributed by atoms with Gasteiger partial charge in [-0.2, -0.15) is 0 Å². The Hall–Kier alpha value is -2.18. The number of anilines is 1. The van der Waals surface area contributed by atoms with Gasteiger partial charge in [0, 0.05) is 43.9 Å². The summed E-state index contributed by atoms with van der Waals surface area (Å²) in [6, 6.07) is 9.85. The second-order valence-corrected chi connectivity index (χ2v) is 6.38. The molecule has 0 unspecified atom stereocenters. The van der Waals surface area contributed by atoms with Crippen molar-refractivity contribution in [2.24, 2.45) is 0 Å². The average molecular weight is 346 g/mol. The van der Waals surface area contributed by atoms with E-state index in [1.807, 2.05) is 12.1 Å². The van der Waals surface area contributed by atoms with Gasteiger partial charge >= 0.3 is 0 Å². The number of para-hydroxylation sites is 1. The number of benzene rings is 2. The summed E-state index contributed by atoms with van der Waals surface area (Å²) in [7, 11) is 0. The van der Waals surface area contributed by atoms with Gasteiger partial charge in [0.1, 0.15) is 17.4 Å². The summed E-state index contributed by atoms with van der Waals surface area (Å²) in [6.07, 6.45) is 0. The number of ether oxygens (including phenoxy) is 2. The first-order valence-electron chi connectivity index (χ1n) is 8.44. The number of nitrogens with zero attached hydrogens (tertiary/aromatic N) is 2. The highest BCUT2D eigenvalue weighted by molar-refractivity contribution is 5.48. The highest BCUT2D eigenvalue weighted by atomic mass is 19.1. The molecule has 0 aromatic heterocycles. The van der Waals surface area contributed by atoms with E-state index in [0.717, 1.165) is 43.1 Å². The van der Waals surface area contributed by atoms with Gasteiger partial charge in [-0.3, -0.25) is 4.90 Å². The molecule has 2 heterocycles. The van der Waals surface area contributed by atoms with Crippen LogP contribution in [-0.4, -0.2) is 37.9 Å². The molecular weight excluding hydrogens is 326 g/mol. The molecule has 1 saturated heterocycles. The summed E-state index contributed by atoms with van der Waals surface area (Å²) in [5, 5.41) is 0. The fraction of sp³-hybridized carbons (Fsp3) is 0.368. The molecule has 0 atom stereocenters. The second kappa shape index (κ2) is 6.98. The number of fused-ring (bicyclic) bond motifs is 1. The molecule has 4 rings (SSSR count). The van der Waals surface area contributed by atoms with Crippen LogP contribution in [0.4, 0.5) is 14.5 Å². The quantitative estimate of drug-likeness (QED) is 0.852. The average Bonchev–Trinajstić information content (AvgIpc) is 2.63. The second-order valence-electron chi connectivity index (χ2n) is 6.38. The van der Waals surface area contributed by atoms with Gasteiger partial charge in [0.25, 0.3) is 0 Å². The largest absolute Gasteiger partial charge is 0.467 e. The van der Waals surface area contributed by atoms with Crippen molar-refractivity contribution in [2.45, 2.75) is 13.2 Å². The lowest BCUT2D eigenvalue weighted by atomic mass is 10.1. The van der Waals surface area contributed by atoms with Crippen molar-refractivity contribution in [3.05, 3.63) is 59.2 Å². The topological polar surface area (TPSA) is 24.9 Å². The van der Waals surface area contributed by atoms with E-state index in [-0.39, 0.29) is 18.4 Å². The summed E-state index contributed by atoms with van der Waals surface area (Å²) in [5.74, 6) is 0.278. The fourth-order valence-electron chi connectivity index (χ4n) is 3.47. The molecule has 0 amide bonds. The molecule has 2 aromatic rings. The van der Waals surface area contributed by atoms with Crippen molar-refractivity contribution < 1.29 is 18.3 Å². The van der Waals surface area contributed by atoms with Crippen LogP contribution in [0, 0.1) is 11.6 Å². The molecule has 25 heavy (non-hydrogen) atoms. The summed E-state index contributed by atoms with van der Waals surface area (Å²) >= 11 is 0. The predicted molar refractivity (Wildman–Crippen MR) is 90.6 cm³/mol. The molecule has 0 bridgehead atoms. The van der Waals surface area contributed by atoms with Crippen LogP contribution in [0.1, 0.15) is 11.1 Å². The highest BCUT2D eigenvalue weighted by Gasteiger charge is 2.22. The first kappa shape index (κ1) is 16.3. The van der Waals surface area contributed by atoms with E-state index in [1.54, 1.807) is 6.07 Å². The van der Waals surface area contributed by atoms with Crippen LogP contribution in [0.25, 0.3) is 0 Å². The zero-order valence-corrected chi connectivity index (χ0v) is 13.9. The molecule has 0 saturated carbocycles. The van der Waals surface area contributed by atoms with Crippen molar-refractivity contribution >= 4 is 5.69 Å². The Morgan fingerprint density at radius 2 is 1.80 bits per heavy atom. The number of hydrogen-bond donors (Lipinski definition) is 0. The van der Waals surface area contributed by atoms with Crippen LogP contribution in [0.2, 0.25) is 0 Å². The molecule has 1 fully saturated rings. The van der Waals surface area contributed by atoms with Gasteiger partial charge in [-0.25, -0.2) is 8.78 Å². The number of rotatable bonds is 3. The minimum atomic E-state index is -0.271.